The molecule has 0 aliphatic heterocycles. The molecule has 0 unspecified atom stereocenters. The zero-order valence-electron chi connectivity index (χ0n) is 52.2. The van der Waals surface area contributed by atoms with Crippen molar-refractivity contribution in [3.05, 3.63) is 69.8 Å². The van der Waals surface area contributed by atoms with E-state index < -0.39 is 0 Å². The quantitative estimate of drug-likeness (QED) is 0.0426. The minimum Gasteiger partial charge on any atom is -0.493 e. The Hall–Kier alpha value is -4.14. The van der Waals surface area contributed by atoms with Gasteiger partial charge < -0.3 is 38.6 Å². The molecule has 8 heteroatoms. The van der Waals surface area contributed by atoms with Crippen LogP contribution in [0.25, 0.3) is 24.3 Å². The summed E-state index contributed by atoms with van der Waals surface area (Å²) in [6, 6.07) is 12.4. The van der Waals surface area contributed by atoms with Crippen molar-refractivity contribution in [2.75, 3.05) is 39.6 Å². The summed E-state index contributed by atoms with van der Waals surface area (Å²) < 4.78 is 39.7. The van der Waals surface area contributed by atoms with E-state index in [9.17, 15) is 10.2 Å². The van der Waals surface area contributed by atoms with Gasteiger partial charge in [0.15, 0.2) is 0 Å². The molecule has 0 radical (unpaired) electrons. The van der Waals surface area contributed by atoms with E-state index in [0.717, 1.165) is 133 Å². The van der Waals surface area contributed by atoms with Crippen LogP contribution in [0.15, 0.2) is 36.4 Å². The van der Waals surface area contributed by atoms with Crippen LogP contribution in [-0.4, -0.2) is 49.9 Å². The molecule has 0 aliphatic carbocycles. The van der Waals surface area contributed by atoms with Gasteiger partial charge in [0.05, 0.1) is 52.9 Å². The van der Waals surface area contributed by atoms with Crippen molar-refractivity contribution >= 4 is 24.3 Å². The van der Waals surface area contributed by atoms with E-state index in [1.54, 1.807) is 0 Å². The molecule has 0 spiro atoms. The van der Waals surface area contributed by atoms with Gasteiger partial charge in [-0.1, -0.05) is 258 Å². The predicted molar refractivity (Wildman–Crippen MR) is 342 cm³/mol. The second-order valence-electron chi connectivity index (χ2n) is 22.6. The van der Waals surface area contributed by atoms with E-state index in [1.165, 1.54) is 154 Å². The molecule has 3 rings (SSSR count). The first-order valence-electron chi connectivity index (χ1n) is 33.3. The van der Waals surface area contributed by atoms with Crippen molar-refractivity contribution < 1.29 is 38.6 Å². The molecule has 0 bridgehead atoms. The summed E-state index contributed by atoms with van der Waals surface area (Å²) in [6.45, 7) is 17.0. The molecule has 0 aromatic heterocycles. The molecular weight excluding hydrogens is 993 g/mol. The maximum absolute atomic E-state index is 10.6. The summed E-state index contributed by atoms with van der Waals surface area (Å²) in [5.41, 5.74) is 5.15. The molecule has 8 nitrogen and oxygen atoms in total. The van der Waals surface area contributed by atoms with E-state index in [0.29, 0.717) is 51.1 Å². The van der Waals surface area contributed by atoms with Crippen LogP contribution in [0.5, 0.6) is 34.5 Å². The first-order valence-corrected chi connectivity index (χ1v) is 33.3. The number of unbranched alkanes of at least 4 members (excludes halogenated alkanes) is 30. The summed E-state index contributed by atoms with van der Waals surface area (Å²) in [5, 5.41) is 21.3. The van der Waals surface area contributed by atoms with Crippen LogP contribution in [0.2, 0.25) is 0 Å². The average Bonchev–Trinajstić information content (AvgIpc) is 3.47. The fraction of sp³-hybridized carbons (Fsp3) is 0.694. The Morgan fingerprint density at radius 3 is 0.625 bits per heavy atom. The lowest BCUT2D eigenvalue weighted by Crippen LogP contribution is -2.04. The molecule has 80 heavy (non-hydrogen) atoms. The van der Waals surface area contributed by atoms with Crippen molar-refractivity contribution in [2.45, 2.75) is 286 Å². The smallest absolute Gasteiger partial charge is 0.127 e. The van der Waals surface area contributed by atoms with Crippen molar-refractivity contribution in [1.29, 1.82) is 0 Å². The molecule has 0 saturated heterocycles. The molecule has 2 N–H and O–H groups in total. The third-order valence-electron chi connectivity index (χ3n) is 15.3. The number of aliphatic hydroxyl groups is 2. The van der Waals surface area contributed by atoms with Gasteiger partial charge in [-0.25, -0.2) is 0 Å². The van der Waals surface area contributed by atoms with Crippen LogP contribution in [0.3, 0.4) is 0 Å². The van der Waals surface area contributed by atoms with Crippen LogP contribution < -0.4 is 28.4 Å². The standard InChI is InChI=1S/C72H118O8/c1-7-13-19-25-31-37-47-75-67-53-62(44-46-64-56-72(80-52-42-36-30-24-18-12-6)66(60-74)58-70(64)78-50-40-34-28-22-16-10-4)68(76-48-38-32-26-20-14-8-2)54-61(67)43-45-63-55-71(79-51-41-35-29-23-17-11-5)65(59-73)57-69(63)77-49-39-33-27-21-15-9-3/h43-46,53-58,73-74H,7-42,47-52,59-60H2,1-6H3/b45-43+,46-44+. The molecule has 0 saturated carbocycles. The highest BCUT2D eigenvalue weighted by molar-refractivity contribution is 5.81. The monoisotopic (exact) mass is 1110 g/mol. The second kappa shape index (κ2) is 48.4. The van der Waals surface area contributed by atoms with E-state index in [4.69, 9.17) is 28.4 Å². The van der Waals surface area contributed by atoms with Gasteiger partial charge in [-0.2, -0.15) is 0 Å². The number of aliphatic hydroxyl groups excluding tert-OH is 2. The number of rotatable bonds is 54. The minimum absolute atomic E-state index is 0.125. The topological polar surface area (TPSA) is 95.8 Å². The molecule has 3 aromatic carbocycles. The van der Waals surface area contributed by atoms with Gasteiger partial charge in [0, 0.05) is 33.4 Å². The Morgan fingerprint density at radius 2 is 0.412 bits per heavy atom. The Labute approximate surface area is 490 Å². The molecule has 0 fully saturated rings. The molecule has 0 atom stereocenters. The van der Waals surface area contributed by atoms with Crippen LogP contribution in [-0.2, 0) is 13.2 Å². The molecule has 3 aromatic rings. The molecule has 0 heterocycles. The zero-order chi connectivity index (χ0) is 57.4. The predicted octanol–water partition coefficient (Wildman–Crippen LogP) is 21.4. The third-order valence-corrected chi connectivity index (χ3v) is 15.3. The summed E-state index contributed by atoms with van der Waals surface area (Å²) in [6.07, 6.45) is 51.0. The molecular formula is C72H118O8. The summed E-state index contributed by atoms with van der Waals surface area (Å²) >= 11 is 0. The first-order chi connectivity index (χ1) is 39.5. The van der Waals surface area contributed by atoms with Crippen LogP contribution in [0, 0.1) is 0 Å². The Kier molecular flexibility index (Phi) is 42.4. The highest BCUT2D eigenvalue weighted by Crippen LogP contribution is 2.37. The fourth-order valence-electron chi connectivity index (χ4n) is 10.1. The van der Waals surface area contributed by atoms with Crippen LogP contribution in [0.1, 0.15) is 306 Å². The highest BCUT2D eigenvalue weighted by Gasteiger charge is 2.16. The highest BCUT2D eigenvalue weighted by atomic mass is 16.5. The van der Waals surface area contributed by atoms with Crippen molar-refractivity contribution in [3.63, 3.8) is 0 Å². The Balaban J connectivity index is 2.16. The van der Waals surface area contributed by atoms with Gasteiger partial charge in [0.1, 0.15) is 34.5 Å². The van der Waals surface area contributed by atoms with Gasteiger partial charge >= 0.3 is 0 Å². The molecule has 0 amide bonds. The number of hydrogen-bond donors (Lipinski definition) is 2. The van der Waals surface area contributed by atoms with Gasteiger partial charge in [-0.05, 0) is 74.9 Å². The SMILES string of the molecule is CCCCCCCCOc1cc(/C=C/c2cc(OCCCCCCCC)c(CO)cc2OCCCCCCCC)c(OCCCCCCCC)cc1/C=C/c1cc(OCCCCCCCC)c(CO)cc1OCCCCCCCC. The van der Waals surface area contributed by atoms with Crippen molar-refractivity contribution in [1.82, 2.24) is 0 Å². The maximum Gasteiger partial charge on any atom is 0.127 e. The lowest BCUT2D eigenvalue weighted by Gasteiger charge is -2.17. The van der Waals surface area contributed by atoms with Gasteiger partial charge in [0.25, 0.3) is 0 Å². The van der Waals surface area contributed by atoms with E-state index in [2.05, 4.69) is 90.1 Å². The van der Waals surface area contributed by atoms with Crippen molar-refractivity contribution in [3.8, 4) is 34.5 Å². The lowest BCUT2D eigenvalue weighted by molar-refractivity contribution is 0.256. The third kappa shape index (κ3) is 31.3. The van der Waals surface area contributed by atoms with E-state index >= 15 is 0 Å². The molecule has 0 aliphatic rings. The molecule has 454 valence electrons. The number of benzene rings is 3. The van der Waals surface area contributed by atoms with E-state index in [-0.39, 0.29) is 13.2 Å². The Bertz CT molecular complexity index is 1880. The maximum atomic E-state index is 10.6. The normalized spacial score (nSPS) is 11.6. The summed E-state index contributed by atoms with van der Waals surface area (Å²) in [7, 11) is 0. The van der Waals surface area contributed by atoms with E-state index in [1.807, 2.05) is 12.1 Å². The largest absolute Gasteiger partial charge is 0.493 e. The van der Waals surface area contributed by atoms with Gasteiger partial charge in [-0.3, -0.25) is 0 Å². The van der Waals surface area contributed by atoms with Gasteiger partial charge in [-0.15, -0.1) is 0 Å². The van der Waals surface area contributed by atoms with Crippen LogP contribution >= 0.6 is 0 Å². The van der Waals surface area contributed by atoms with Crippen LogP contribution in [0.4, 0.5) is 0 Å². The summed E-state index contributed by atoms with van der Waals surface area (Å²) in [4.78, 5) is 0. The van der Waals surface area contributed by atoms with Gasteiger partial charge in [0.2, 0.25) is 0 Å². The van der Waals surface area contributed by atoms with Crippen molar-refractivity contribution in [2.24, 2.45) is 0 Å². The first kappa shape index (κ1) is 70.1. The second-order valence-corrected chi connectivity index (χ2v) is 22.6. The number of ether oxygens (including phenoxy) is 6. The Morgan fingerprint density at radius 1 is 0.237 bits per heavy atom. The average molecular weight is 1110 g/mol. The lowest BCUT2D eigenvalue weighted by atomic mass is 10.0. The minimum atomic E-state index is -0.125. The summed E-state index contributed by atoms with van der Waals surface area (Å²) in [5.74, 6) is 4.48. The number of hydrogen-bond acceptors (Lipinski definition) is 8. The zero-order valence-corrected chi connectivity index (χ0v) is 52.2. The fourth-order valence-corrected chi connectivity index (χ4v) is 10.1.